The number of fused-ring (bicyclic) bond motifs is 1. The smallest absolute Gasteiger partial charge is 0.254 e. The van der Waals surface area contributed by atoms with E-state index >= 15 is 0 Å². The largest absolute Gasteiger partial charge is 0.334 e. The van der Waals surface area contributed by atoms with Crippen LogP contribution < -0.4 is 5.73 Å². The summed E-state index contributed by atoms with van der Waals surface area (Å²) in [6, 6.07) is 8.37. The Morgan fingerprint density at radius 3 is 2.78 bits per heavy atom. The predicted molar refractivity (Wildman–Crippen MR) is 71.4 cm³/mol. The first-order valence-electron chi connectivity index (χ1n) is 6.92. The zero-order valence-electron chi connectivity index (χ0n) is 10.6. The van der Waals surface area contributed by atoms with Crippen molar-refractivity contribution in [1.82, 2.24) is 4.90 Å². The van der Waals surface area contributed by atoms with Crippen molar-refractivity contribution < 1.29 is 4.79 Å². The number of nitrogens with two attached hydrogens (primary N) is 1. The fraction of sp³-hybridized carbons (Fsp3) is 0.533. The maximum atomic E-state index is 12.5. The number of amides is 1. The Morgan fingerprint density at radius 2 is 1.94 bits per heavy atom. The van der Waals surface area contributed by atoms with Gasteiger partial charge in [0.05, 0.1) is 0 Å². The Bertz CT molecular complexity index is 458. The van der Waals surface area contributed by atoms with E-state index in [1.165, 1.54) is 18.4 Å². The van der Waals surface area contributed by atoms with Gasteiger partial charge in [-0.05, 0) is 30.9 Å². The van der Waals surface area contributed by atoms with Crippen molar-refractivity contribution in [3.8, 4) is 0 Å². The van der Waals surface area contributed by atoms with Crippen LogP contribution in [0.25, 0.3) is 0 Å². The standard InChI is InChI=1S/C15H20N2O/c16-13-7-3-4-8-14(13)17-10-9-11-5-1-2-6-12(11)15(17)18/h1-2,5-6,13-14H,3-4,7-10,16H2. The van der Waals surface area contributed by atoms with E-state index < -0.39 is 0 Å². The quantitative estimate of drug-likeness (QED) is 0.820. The summed E-state index contributed by atoms with van der Waals surface area (Å²) < 4.78 is 0. The molecule has 0 saturated heterocycles. The minimum Gasteiger partial charge on any atom is -0.334 e. The number of carbonyl (C=O) groups excluding carboxylic acids is 1. The molecule has 1 amide bonds. The predicted octanol–water partition coefficient (Wildman–Crippen LogP) is 1.95. The molecule has 3 nitrogen and oxygen atoms in total. The summed E-state index contributed by atoms with van der Waals surface area (Å²) in [7, 11) is 0. The van der Waals surface area contributed by atoms with Crippen molar-refractivity contribution in [2.45, 2.75) is 44.2 Å². The van der Waals surface area contributed by atoms with Crippen LogP contribution in [0.3, 0.4) is 0 Å². The van der Waals surface area contributed by atoms with Crippen molar-refractivity contribution in [1.29, 1.82) is 0 Å². The lowest BCUT2D eigenvalue weighted by atomic mass is 9.87. The van der Waals surface area contributed by atoms with Crippen LogP contribution in [0.4, 0.5) is 0 Å². The van der Waals surface area contributed by atoms with E-state index in [2.05, 4.69) is 6.07 Å². The maximum absolute atomic E-state index is 12.5. The fourth-order valence-corrected chi connectivity index (χ4v) is 3.29. The van der Waals surface area contributed by atoms with E-state index in [0.717, 1.165) is 31.4 Å². The van der Waals surface area contributed by atoms with Crippen molar-refractivity contribution in [3.05, 3.63) is 35.4 Å². The zero-order chi connectivity index (χ0) is 12.5. The molecule has 1 aromatic rings. The third kappa shape index (κ3) is 1.93. The number of nitrogens with zero attached hydrogens (tertiary/aromatic N) is 1. The first kappa shape index (κ1) is 11.7. The van der Waals surface area contributed by atoms with Crippen molar-refractivity contribution >= 4 is 5.91 Å². The molecule has 0 radical (unpaired) electrons. The summed E-state index contributed by atoms with van der Waals surface area (Å²) in [5.74, 6) is 0.180. The van der Waals surface area contributed by atoms with Gasteiger partial charge in [0.1, 0.15) is 0 Å². The SMILES string of the molecule is NC1CCCCC1N1CCc2ccccc2C1=O. The third-order valence-electron chi connectivity index (χ3n) is 4.31. The topological polar surface area (TPSA) is 46.3 Å². The molecule has 0 aromatic heterocycles. The zero-order valence-corrected chi connectivity index (χ0v) is 10.6. The van der Waals surface area contributed by atoms with Gasteiger partial charge >= 0.3 is 0 Å². The average molecular weight is 244 g/mol. The van der Waals surface area contributed by atoms with Gasteiger partial charge in [-0.1, -0.05) is 31.0 Å². The Morgan fingerprint density at radius 1 is 1.17 bits per heavy atom. The van der Waals surface area contributed by atoms with Gasteiger partial charge in [0, 0.05) is 24.2 Å². The van der Waals surface area contributed by atoms with Crippen molar-refractivity contribution in [2.24, 2.45) is 5.73 Å². The molecule has 2 N–H and O–H groups in total. The minimum atomic E-state index is 0.160. The van der Waals surface area contributed by atoms with E-state index in [4.69, 9.17) is 5.73 Å². The van der Waals surface area contributed by atoms with E-state index in [0.29, 0.717) is 0 Å². The van der Waals surface area contributed by atoms with E-state index in [1.54, 1.807) is 0 Å². The Hall–Kier alpha value is -1.35. The molecule has 0 spiro atoms. The highest BCUT2D eigenvalue weighted by Gasteiger charge is 2.34. The van der Waals surface area contributed by atoms with Crippen LogP contribution >= 0.6 is 0 Å². The average Bonchev–Trinajstić information content (AvgIpc) is 2.41. The molecule has 2 atom stereocenters. The lowest BCUT2D eigenvalue weighted by Crippen LogP contribution is -2.54. The monoisotopic (exact) mass is 244 g/mol. The molecule has 18 heavy (non-hydrogen) atoms. The molecular weight excluding hydrogens is 224 g/mol. The van der Waals surface area contributed by atoms with Crippen LogP contribution in [0.1, 0.15) is 41.6 Å². The number of benzene rings is 1. The summed E-state index contributed by atoms with van der Waals surface area (Å²) >= 11 is 0. The Labute approximate surface area is 108 Å². The van der Waals surface area contributed by atoms with Gasteiger partial charge in [0.25, 0.3) is 5.91 Å². The van der Waals surface area contributed by atoms with Crippen LogP contribution in [0, 0.1) is 0 Å². The van der Waals surface area contributed by atoms with E-state index in [1.807, 2.05) is 23.1 Å². The molecule has 1 heterocycles. The number of hydrogen-bond acceptors (Lipinski definition) is 2. The maximum Gasteiger partial charge on any atom is 0.254 e. The van der Waals surface area contributed by atoms with Gasteiger partial charge in [0.15, 0.2) is 0 Å². The molecule has 0 bridgehead atoms. The highest BCUT2D eigenvalue weighted by molar-refractivity contribution is 5.97. The second-order valence-electron chi connectivity index (χ2n) is 5.42. The summed E-state index contributed by atoms with van der Waals surface area (Å²) in [6.07, 6.45) is 5.48. The molecule has 1 aliphatic carbocycles. The fourth-order valence-electron chi connectivity index (χ4n) is 3.29. The van der Waals surface area contributed by atoms with E-state index in [9.17, 15) is 4.79 Å². The lowest BCUT2D eigenvalue weighted by molar-refractivity contribution is 0.0585. The summed E-state index contributed by atoms with van der Waals surface area (Å²) in [5, 5.41) is 0. The van der Waals surface area contributed by atoms with Crippen molar-refractivity contribution in [3.63, 3.8) is 0 Å². The number of carbonyl (C=O) groups is 1. The minimum absolute atomic E-state index is 0.160. The van der Waals surface area contributed by atoms with Gasteiger partial charge in [-0.3, -0.25) is 4.79 Å². The van der Waals surface area contributed by atoms with Gasteiger partial charge in [-0.15, -0.1) is 0 Å². The number of rotatable bonds is 1. The summed E-state index contributed by atoms with van der Waals surface area (Å²) in [6.45, 7) is 0.828. The second kappa shape index (κ2) is 4.73. The molecular formula is C15H20N2O. The third-order valence-corrected chi connectivity index (χ3v) is 4.31. The summed E-state index contributed by atoms with van der Waals surface area (Å²) in [4.78, 5) is 14.6. The lowest BCUT2D eigenvalue weighted by Gasteiger charge is -2.40. The van der Waals surface area contributed by atoms with Gasteiger partial charge in [-0.2, -0.15) is 0 Å². The molecule has 2 unspecified atom stereocenters. The summed E-state index contributed by atoms with van der Waals surface area (Å²) in [5.41, 5.74) is 8.26. The Kier molecular flexibility index (Phi) is 3.08. The highest BCUT2D eigenvalue weighted by Crippen LogP contribution is 2.27. The second-order valence-corrected chi connectivity index (χ2v) is 5.42. The van der Waals surface area contributed by atoms with Crippen LogP contribution in [0.5, 0.6) is 0 Å². The molecule has 1 saturated carbocycles. The molecule has 3 heteroatoms. The van der Waals surface area contributed by atoms with Crippen LogP contribution in [0.15, 0.2) is 24.3 Å². The Balaban J connectivity index is 1.86. The van der Waals surface area contributed by atoms with Gasteiger partial charge < -0.3 is 10.6 Å². The molecule has 1 aliphatic heterocycles. The first-order chi connectivity index (χ1) is 8.77. The van der Waals surface area contributed by atoms with Crippen LogP contribution in [-0.2, 0) is 6.42 Å². The molecule has 1 aromatic carbocycles. The first-order valence-corrected chi connectivity index (χ1v) is 6.92. The van der Waals surface area contributed by atoms with Crippen LogP contribution in [0.2, 0.25) is 0 Å². The van der Waals surface area contributed by atoms with Gasteiger partial charge in [0.2, 0.25) is 0 Å². The van der Waals surface area contributed by atoms with Crippen LogP contribution in [-0.4, -0.2) is 29.4 Å². The number of hydrogen-bond donors (Lipinski definition) is 1. The van der Waals surface area contributed by atoms with Gasteiger partial charge in [-0.25, -0.2) is 0 Å². The molecule has 1 fully saturated rings. The molecule has 96 valence electrons. The normalized spacial score (nSPS) is 28.1. The molecule has 2 aliphatic rings. The van der Waals surface area contributed by atoms with E-state index in [-0.39, 0.29) is 18.0 Å². The highest BCUT2D eigenvalue weighted by atomic mass is 16.2. The molecule has 3 rings (SSSR count). The van der Waals surface area contributed by atoms with Crippen molar-refractivity contribution in [2.75, 3.05) is 6.54 Å².